The van der Waals surface area contributed by atoms with E-state index < -0.39 is 6.23 Å². The molecule has 0 aromatic rings. The number of unbranched alkanes of at least 4 members (excludes halogenated alkanes) is 6. The first-order chi connectivity index (χ1) is 9.04. The minimum Gasteiger partial charge on any atom is -0.806 e. The van der Waals surface area contributed by atoms with Crippen LogP contribution in [0.4, 0.5) is 0 Å². The summed E-state index contributed by atoms with van der Waals surface area (Å²) in [7, 11) is 4.05. The van der Waals surface area contributed by atoms with Crippen molar-refractivity contribution in [2.24, 2.45) is 0 Å². The lowest BCUT2D eigenvalue weighted by atomic mass is 10.1. The Balaban J connectivity index is 3.57. The average Bonchev–Trinajstić information content (AvgIpc) is 2.37. The third-order valence-corrected chi connectivity index (χ3v) is 3.99. The number of quaternary nitrogens is 1. The van der Waals surface area contributed by atoms with E-state index in [1.165, 1.54) is 38.5 Å². The third-order valence-electron chi connectivity index (χ3n) is 3.80. The van der Waals surface area contributed by atoms with Crippen molar-refractivity contribution in [1.29, 1.82) is 0 Å². The number of hydrogen-bond acceptors (Lipinski definition) is 3. The maximum absolute atomic E-state index is 12.2. The first-order valence-electron chi connectivity index (χ1n) is 7.79. The van der Waals surface area contributed by atoms with E-state index in [1.54, 1.807) is 0 Å². The van der Waals surface area contributed by atoms with Crippen LogP contribution in [0.1, 0.15) is 64.7 Å². The zero-order chi connectivity index (χ0) is 14.6. The highest BCUT2D eigenvalue weighted by molar-refractivity contribution is 7.75. The van der Waals surface area contributed by atoms with Gasteiger partial charge in [0.05, 0.1) is 27.2 Å². The summed E-state index contributed by atoms with van der Waals surface area (Å²) < 4.78 is 5.29. The molecule has 19 heavy (non-hydrogen) atoms. The van der Waals surface area contributed by atoms with Crippen molar-refractivity contribution in [3.8, 4) is 0 Å². The predicted octanol–water partition coefficient (Wildman–Crippen LogP) is 3.14. The van der Waals surface area contributed by atoms with E-state index in [1.807, 2.05) is 14.1 Å². The van der Waals surface area contributed by atoms with E-state index in [0.29, 0.717) is 11.1 Å². The van der Waals surface area contributed by atoms with Crippen LogP contribution in [0.2, 0.25) is 0 Å². The highest BCUT2D eigenvalue weighted by Crippen LogP contribution is 2.13. The van der Waals surface area contributed by atoms with Gasteiger partial charge in [-0.2, -0.15) is 0 Å². The van der Waals surface area contributed by atoms with Crippen LogP contribution < -0.4 is 5.11 Å². The molecule has 1 atom stereocenters. The second-order valence-corrected chi connectivity index (χ2v) is 6.31. The minimum atomic E-state index is -0.504. The number of nitrogens with zero attached hydrogens (tertiary/aromatic N) is 1. The summed E-state index contributed by atoms with van der Waals surface area (Å²) in [6.45, 7) is 3.72. The second kappa shape index (κ2) is 12.0. The van der Waals surface area contributed by atoms with Crippen LogP contribution in [0.5, 0.6) is 0 Å². The van der Waals surface area contributed by atoms with Crippen molar-refractivity contribution >= 4 is 12.9 Å². The summed E-state index contributed by atoms with van der Waals surface area (Å²) in [6.07, 6.45) is 10.1. The molecule has 0 saturated carbocycles. The molecule has 0 rings (SSSR count). The van der Waals surface area contributed by atoms with Crippen LogP contribution in [0.15, 0.2) is 0 Å². The standard InChI is InChI=1S/C15H33NO2S/c1-4-5-6-7-8-9-10-12-15(17)16(2,3)13-11-14-18-19/h15,19H,4-14H2,1-3H3. The van der Waals surface area contributed by atoms with Crippen molar-refractivity contribution in [2.75, 3.05) is 27.2 Å². The Bertz CT molecular complexity index is 201. The van der Waals surface area contributed by atoms with Crippen LogP contribution >= 0.6 is 12.9 Å². The van der Waals surface area contributed by atoms with Crippen molar-refractivity contribution in [3.05, 3.63) is 0 Å². The zero-order valence-electron chi connectivity index (χ0n) is 13.1. The fraction of sp³-hybridized carbons (Fsp3) is 1.00. The average molecular weight is 292 g/mol. The monoisotopic (exact) mass is 291 g/mol. The summed E-state index contributed by atoms with van der Waals surface area (Å²) in [5, 5.41) is 12.2. The van der Waals surface area contributed by atoms with E-state index in [4.69, 9.17) is 4.18 Å². The quantitative estimate of drug-likeness (QED) is 0.186. The van der Waals surface area contributed by atoms with Crippen molar-refractivity contribution in [1.82, 2.24) is 0 Å². The molecule has 0 amide bonds. The molecule has 0 aromatic heterocycles. The summed E-state index contributed by atoms with van der Waals surface area (Å²) in [4.78, 5) is 0. The molecule has 1 unspecified atom stereocenters. The molecule has 3 nitrogen and oxygen atoms in total. The van der Waals surface area contributed by atoms with E-state index in [2.05, 4.69) is 19.8 Å². The second-order valence-electron chi connectivity index (χ2n) is 6.05. The highest BCUT2D eigenvalue weighted by Gasteiger charge is 2.18. The molecule has 0 aliphatic carbocycles. The van der Waals surface area contributed by atoms with E-state index in [9.17, 15) is 5.11 Å². The Labute approximate surface area is 125 Å². The Kier molecular flexibility index (Phi) is 12.2. The smallest absolute Gasteiger partial charge is 0.0797 e. The molecular formula is C15H33NO2S. The molecule has 0 saturated heterocycles. The predicted molar refractivity (Wildman–Crippen MR) is 82.9 cm³/mol. The minimum absolute atomic E-state index is 0.504. The van der Waals surface area contributed by atoms with Gasteiger partial charge in [0.15, 0.2) is 0 Å². The van der Waals surface area contributed by atoms with Gasteiger partial charge in [-0.25, -0.2) is 0 Å². The summed E-state index contributed by atoms with van der Waals surface area (Å²) in [5.74, 6) is 0. The lowest BCUT2D eigenvalue weighted by molar-refractivity contribution is -0.985. The van der Waals surface area contributed by atoms with Crippen LogP contribution in [-0.4, -0.2) is 38.0 Å². The lowest BCUT2D eigenvalue weighted by Gasteiger charge is -2.42. The lowest BCUT2D eigenvalue weighted by Crippen LogP contribution is -2.56. The number of hydrogen-bond donors (Lipinski definition) is 1. The maximum atomic E-state index is 12.2. The molecule has 116 valence electrons. The molecule has 0 bridgehead atoms. The van der Waals surface area contributed by atoms with Gasteiger partial charge in [-0.15, -0.1) is 0 Å². The van der Waals surface area contributed by atoms with Gasteiger partial charge in [0.2, 0.25) is 0 Å². The van der Waals surface area contributed by atoms with Gasteiger partial charge in [-0.1, -0.05) is 45.4 Å². The molecule has 0 heterocycles. The topological polar surface area (TPSA) is 32.3 Å². The van der Waals surface area contributed by atoms with Crippen molar-refractivity contribution in [2.45, 2.75) is 70.9 Å². The van der Waals surface area contributed by atoms with Gasteiger partial charge in [-0.3, -0.25) is 0 Å². The number of rotatable bonds is 13. The van der Waals surface area contributed by atoms with Crippen LogP contribution in [-0.2, 0) is 4.18 Å². The summed E-state index contributed by atoms with van der Waals surface area (Å²) >= 11 is 3.72. The Morgan fingerprint density at radius 2 is 1.58 bits per heavy atom. The van der Waals surface area contributed by atoms with Gasteiger partial charge >= 0.3 is 0 Å². The molecular weight excluding hydrogens is 258 g/mol. The molecule has 0 radical (unpaired) electrons. The zero-order valence-corrected chi connectivity index (χ0v) is 14.0. The first-order valence-corrected chi connectivity index (χ1v) is 8.16. The SMILES string of the molecule is CCCCCCCCCC([O-])[N+](C)(C)CCCOS. The molecule has 0 spiro atoms. The fourth-order valence-electron chi connectivity index (χ4n) is 2.31. The van der Waals surface area contributed by atoms with Crippen LogP contribution in [0.3, 0.4) is 0 Å². The van der Waals surface area contributed by atoms with Crippen LogP contribution in [0, 0.1) is 0 Å². The summed E-state index contributed by atoms with van der Waals surface area (Å²) in [6, 6.07) is 0. The molecule has 0 aromatic carbocycles. The van der Waals surface area contributed by atoms with Crippen molar-refractivity contribution < 1.29 is 13.8 Å². The third kappa shape index (κ3) is 10.7. The Morgan fingerprint density at radius 1 is 1.00 bits per heavy atom. The molecule has 0 N–H and O–H groups in total. The molecule has 0 aliphatic rings. The first kappa shape index (κ1) is 19.2. The maximum Gasteiger partial charge on any atom is 0.0797 e. The van der Waals surface area contributed by atoms with E-state index in [0.717, 1.165) is 25.8 Å². The highest BCUT2D eigenvalue weighted by atomic mass is 32.1. The Hall–Kier alpha value is 0.230. The van der Waals surface area contributed by atoms with Crippen molar-refractivity contribution in [3.63, 3.8) is 0 Å². The fourth-order valence-corrected chi connectivity index (χ4v) is 2.44. The van der Waals surface area contributed by atoms with E-state index >= 15 is 0 Å². The van der Waals surface area contributed by atoms with Crippen LogP contribution in [0.25, 0.3) is 0 Å². The molecule has 4 heteroatoms. The molecule has 0 fully saturated rings. The van der Waals surface area contributed by atoms with Gasteiger partial charge in [0.25, 0.3) is 0 Å². The van der Waals surface area contributed by atoms with Gasteiger partial charge in [-0.05, 0) is 25.8 Å². The van der Waals surface area contributed by atoms with E-state index in [-0.39, 0.29) is 0 Å². The normalized spacial score (nSPS) is 13.7. The van der Waals surface area contributed by atoms with Gasteiger partial charge < -0.3 is 13.8 Å². The Morgan fingerprint density at radius 3 is 2.16 bits per heavy atom. The van der Waals surface area contributed by atoms with Gasteiger partial charge in [0.1, 0.15) is 0 Å². The number of thiol groups is 1. The largest absolute Gasteiger partial charge is 0.806 e. The van der Waals surface area contributed by atoms with Gasteiger partial charge in [0, 0.05) is 12.6 Å². The molecule has 0 aliphatic heterocycles. The summed E-state index contributed by atoms with van der Waals surface area (Å²) in [5.41, 5.74) is 0.